The van der Waals surface area contributed by atoms with E-state index in [-0.39, 0.29) is 29.4 Å². The van der Waals surface area contributed by atoms with Crippen LogP contribution >= 0.6 is 11.3 Å². The van der Waals surface area contributed by atoms with Gasteiger partial charge in [0.2, 0.25) is 0 Å². The topological polar surface area (TPSA) is 102 Å². The molecule has 10 rings (SSSR count). The van der Waals surface area contributed by atoms with Gasteiger partial charge in [-0.1, -0.05) is 42.5 Å². The van der Waals surface area contributed by atoms with E-state index < -0.39 is 5.60 Å². The smallest absolute Gasteiger partial charge is 0.162 e. The molecule has 2 fully saturated rings. The maximum Gasteiger partial charge on any atom is 0.162 e. The normalized spacial score (nSPS) is 21.0. The molecule has 0 saturated carbocycles. The molecule has 0 radical (unpaired) electrons. The fraction of sp³-hybridized carbons (Fsp3) is 0.392. The molecule has 5 heterocycles. The third-order valence-electron chi connectivity index (χ3n) is 14.3. The number of phenols is 1. The molecule has 2 N–H and O–H groups in total. The number of rotatable bonds is 8. The van der Waals surface area contributed by atoms with E-state index in [2.05, 4.69) is 92.7 Å². The molecule has 2 saturated heterocycles. The third kappa shape index (κ3) is 7.59. The summed E-state index contributed by atoms with van der Waals surface area (Å²) in [6.07, 6.45) is 2.97. The standard InChI is InChI=1S/C51H56FN7O3S/c1-31-33(3)63-50-46(31)48(53-32(2)49-55-54-34(4)59(49)50)35-10-13-37(14-11-35)57-22-20-51(61,21-23-57)30-56-24-26-58(27-25-56)38-15-18-43(45(29-38)62-5)47-40-19-16-39(60)28-36(40)12-17-42(47)41-8-6-7-9-44(41)52/h6-11,13-16,18-19,28-29,32,42,47,60-61H,12,17,20-27,30H2,1-5H3/t32-,42+,47+/m0/s1. The van der Waals surface area contributed by atoms with Crippen LogP contribution in [0.2, 0.25) is 0 Å². The van der Waals surface area contributed by atoms with Crippen molar-refractivity contribution in [2.24, 2.45) is 4.99 Å². The van der Waals surface area contributed by atoms with Crippen molar-refractivity contribution in [2.75, 3.05) is 62.7 Å². The lowest BCUT2D eigenvalue weighted by Gasteiger charge is -2.44. The average molecular weight is 866 g/mol. The Morgan fingerprint density at radius 3 is 2.29 bits per heavy atom. The van der Waals surface area contributed by atoms with Gasteiger partial charge in [0.1, 0.15) is 34.2 Å². The molecule has 63 heavy (non-hydrogen) atoms. The molecule has 3 atom stereocenters. The number of benzene rings is 4. The first-order chi connectivity index (χ1) is 30.5. The summed E-state index contributed by atoms with van der Waals surface area (Å²) in [6.45, 7) is 14.1. The first-order valence-electron chi connectivity index (χ1n) is 22.4. The van der Waals surface area contributed by atoms with Crippen LogP contribution in [0.1, 0.15) is 99.5 Å². The predicted octanol–water partition coefficient (Wildman–Crippen LogP) is 9.03. The van der Waals surface area contributed by atoms with Crippen molar-refractivity contribution in [1.29, 1.82) is 0 Å². The maximum absolute atomic E-state index is 15.3. The van der Waals surface area contributed by atoms with Crippen LogP contribution in [0.15, 0.2) is 89.9 Å². The van der Waals surface area contributed by atoms with Crippen LogP contribution in [0.5, 0.6) is 11.5 Å². The van der Waals surface area contributed by atoms with E-state index in [4.69, 9.17) is 9.73 Å². The molecular weight excluding hydrogens is 810 g/mol. The number of anilines is 2. The Morgan fingerprint density at radius 2 is 1.54 bits per heavy atom. The van der Waals surface area contributed by atoms with Crippen LogP contribution in [0.4, 0.5) is 15.8 Å². The monoisotopic (exact) mass is 865 g/mol. The second-order valence-corrected chi connectivity index (χ2v) is 19.2. The fourth-order valence-corrected chi connectivity index (χ4v) is 11.9. The Bertz CT molecular complexity index is 2690. The number of hydrogen-bond acceptors (Lipinski definition) is 10. The molecular formula is C51H56FN7O3S. The fourth-order valence-electron chi connectivity index (χ4n) is 10.7. The predicted molar refractivity (Wildman–Crippen MR) is 249 cm³/mol. The molecule has 2 aromatic heterocycles. The first kappa shape index (κ1) is 41.5. The number of hydrogen-bond donors (Lipinski definition) is 2. The van der Waals surface area contributed by atoms with E-state index in [0.29, 0.717) is 24.9 Å². The number of aliphatic imine (C=N–C) groups is 1. The SMILES string of the molecule is COc1cc(N2CCN(CC3(O)CCN(c4ccc(C5=N[C@@H](C)c6nnc(C)n6-c6sc(C)c(C)c65)cc4)CC3)CC2)ccc1[C@@H]1c2ccc(O)cc2CC[C@@H]1c1ccccc1F. The summed E-state index contributed by atoms with van der Waals surface area (Å²) in [7, 11) is 1.71. The molecule has 6 aromatic rings. The summed E-state index contributed by atoms with van der Waals surface area (Å²) < 4.78 is 23.6. The molecule has 4 aromatic carbocycles. The van der Waals surface area contributed by atoms with Gasteiger partial charge in [-0.3, -0.25) is 14.5 Å². The minimum absolute atomic E-state index is 0.0693. The number of β-amino-alcohol motifs (C(OH)–C–C–N with tert-alkyl or cyclic N) is 1. The summed E-state index contributed by atoms with van der Waals surface area (Å²) in [6, 6.07) is 27.9. The number of methoxy groups -OCH3 is 1. The quantitative estimate of drug-likeness (QED) is 0.156. The number of piperazine rings is 1. The van der Waals surface area contributed by atoms with Gasteiger partial charge in [-0.15, -0.1) is 21.5 Å². The lowest BCUT2D eigenvalue weighted by molar-refractivity contribution is -0.0173. The minimum Gasteiger partial charge on any atom is -0.508 e. The zero-order chi connectivity index (χ0) is 43.6. The number of halogens is 1. The van der Waals surface area contributed by atoms with Gasteiger partial charge in [0.05, 0.1) is 18.4 Å². The molecule has 10 nitrogen and oxygen atoms in total. The second-order valence-electron chi connectivity index (χ2n) is 18.0. The van der Waals surface area contributed by atoms with E-state index in [0.717, 1.165) is 108 Å². The number of ether oxygens (including phenoxy) is 1. The number of fused-ring (bicyclic) bond motifs is 4. The van der Waals surface area contributed by atoms with Crippen molar-refractivity contribution < 1.29 is 19.3 Å². The summed E-state index contributed by atoms with van der Waals surface area (Å²) in [5, 5.41) is 32.3. The van der Waals surface area contributed by atoms with Crippen LogP contribution in [-0.2, 0) is 6.42 Å². The summed E-state index contributed by atoms with van der Waals surface area (Å²) in [5.74, 6) is 2.41. The van der Waals surface area contributed by atoms with Crippen molar-refractivity contribution in [2.45, 2.75) is 76.9 Å². The number of piperidine rings is 1. The molecule has 12 heteroatoms. The largest absolute Gasteiger partial charge is 0.508 e. The van der Waals surface area contributed by atoms with Crippen LogP contribution in [0.3, 0.4) is 0 Å². The average Bonchev–Trinajstić information content (AvgIpc) is 3.78. The highest BCUT2D eigenvalue weighted by Gasteiger charge is 2.38. The van der Waals surface area contributed by atoms with Gasteiger partial charge < -0.3 is 24.7 Å². The number of nitrogens with zero attached hydrogens (tertiary/aromatic N) is 7. The van der Waals surface area contributed by atoms with Crippen LogP contribution in [0.25, 0.3) is 5.00 Å². The van der Waals surface area contributed by atoms with Gasteiger partial charge in [-0.05, 0) is 118 Å². The Hall–Kier alpha value is -5.56. The molecule has 0 bridgehead atoms. The van der Waals surface area contributed by atoms with Crippen LogP contribution in [0, 0.1) is 26.6 Å². The lowest BCUT2D eigenvalue weighted by Crippen LogP contribution is -2.55. The van der Waals surface area contributed by atoms with E-state index in [1.807, 2.05) is 31.2 Å². The highest BCUT2D eigenvalue weighted by atomic mass is 32.1. The molecule has 4 aliphatic rings. The van der Waals surface area contributed by atoms with Crippen molar-refractivity contribution in [1.82, 2.24) is 19.7 Å². The summed E-state index contributed by atoms with van der Waals surface area (Å²) in [5.41, 5.74) is 9.98. The zero-order valence-corrected chi connectivity index (χ0v) is 37.6. The van der Waals surface area contributed by atoms with Crippen LogP contribution in [-0.4, -0.2) is 94.1 Å². The third-order valence-corrected chi connectivity index (χ3v) is 15.4. The highest BCUT2D eigenvalue weighted by Crippen LogP contribution is 2.50. The number of aromatic hydroxyl groups is 1. The molecule has 0 unspecified atom stereocenters. The highest BCUT2D eigenvalue weighted by molar-refractivity contribution is 7.15. The first-order valence-corrected chi connectivity index (χ1v) is 23.2. The zero-order valence-electron chi connectivity index (χ0n) is 36.8. The van der Waals surface area contributed by atoms with Crippen LogP contribution < -0.4 is 14.5 Å². The van der Waals surface area contributed by atoms with Gasteiger partial charge in [0.25, 0.3) is 0 Å². The van der Waals surface area contributed by atoms with Gasteiger partial charge in [0.15, 0.2) is 5.82 Å². The number of phenolic OH excluding ortho intramolecular Hbond substituents is 1. The molecule has 326 valence electrons. The molecule has 1 aliphatic carbocycles. The number of thiophene rings is 1. The second kappa shape index (κ2) is 16.5. The summed E-state index contributed by atoms with van der Waals surface area (Å²) in [4.78, 5) is 13.7. The number of aryl methyl sites for hydroxylation is 3. The molecule has 0 spiro atoms. The van der Waals surface area contributed by atoms with Crippen molar-refractivity contribution in [3.63, 3.8) is 0 Å². The molecule has 0 amide bonds. The van der Waals surface area contributed by atoms with Gasteiger partial charge >= 0.3 is 0 Å². The van der Waals surface area contributed by atoms with E-state index in [1.165, 1.54) is 21.7 Å². The minimum atomic E-state index is -0.737. The van der Waals surface area contributed by atoms with Gasteiger partial charge in [-0.2, -0.15) is 0 Å². The van der Waals surface area contributed by atoms with Crippen molar-refractivity contribution in [3.05, 3.63) is 146 Å². The van der Waals surface area contributed by atoms with Gasteiger partial charge in [-0.25, -0.2) is 4.39 Å². The maximum atomic E-state index is 15.3. The summed E-state index contributed by atoms with van der Waals surface area (Å²) >= 11 is 1.78. The van der Waals surface area contributed by atoms with Crippen molar-refractivity contribution >= 4 is 28.4 Å². The lowest BCUT2D eigenvalue weighted by atomic mass is 9.69. The number of aliphatic hydroxyl groups is 1. The molecule has 3 aliphatic heterocycles. The number of aromatic nitrogens is 3. The van der Waals surface area contributed by atoms with Gasteiger partial charge in [0, 0.05) is 90.7 Å². The van der Waals surface area contributed by atoms with E-state index >= 15 is 4.39 Å². The Kier molecular flexibility index (Phi) is 10.9. The van der Waals surface area contributed by atoms with E-state index in [1.54, 1.807) is 36.6 Å². The van der Waals surface area contributed by atoms with Crippen molar-refractivity contribution in [3.8, 4) is 16.5 Å². The Morgan fingerprint density at radius 1 is 0.825 bits per heavy atom. The van der Waals surface area contributed by atoms with E-state index in [9.17, 15) is 10.2 Å². The Labute approximate surface area is 373 Å². The Balaban J connectivity index is 0.783.